The summed E-state index contributed by atoms with van der Waals surface area (Å²) in [5, 5.41) is -0.00817. The molecule has 1 nitrogen and oxygen atoms in total. The second-order valence-electron chi connectivity index (χ2n) is 5.10. The lowest BCUT2D eigenvalue weighted by Crippen LogP contribution is -1.99. The number of benzene rings is 2. The summed E-state index contributed by atoms with van der Waals surface area (Å²) in [7, 11) is 0. The standard InChI is InChI=1S/C18H21ClO/c1-4-20-17-9-7-15(8-10-17)18(19)12-16-11-13(2)5-6-14(16)3/h5-11,18H,4,12H2,1-3H3. The summed E-state index contributed by atoms with van der Waals surface area (Å²) in [5.41, 5.74) is 5.03. The largest absolute Gasteiger partial charge is 0.494 e. The van der Waals surface area contributed by atoms with Crippen molar-refractivity contribution in [3.8, 4) is 5.75 Å². The van der Waals surface area contributed by atoms with Crippen LogP contribution in [0.25, 0.3) is 0 Å². The first-order chi connectivity index (χ1) is 9.60. The van der Waals surface area contributed by atoms with E-state index >= 15 is 0 Å². The van der Waals surface area contributed by atoms with Gasteiger partial charge >= 0.3 is 0 Å². The van der Waals surface area contributed by atoms with Crippen LogP contribution in [0.3, 0.4) is 0 Å². The van der Waals surface area contributed by atoms with Gasteiger partial charge in [-0.25, -0.2) is 0 Å². The summed E-state index contributed by atoms with van der Waals surface area (Å²) >= 11 is 6.55. The van der Waals surface area contributed by atoms with Gasteiger partial charge in [0.05, 0.1) is 12.0 Å². The Bertz CT molecular complexity index is 560. The maximum absolute atomic E-state index is 6.55. The van der Waals surface area contributed by atoms with Crippen molar-refractivity contribution >= 4 is 11.6 Å². The van der Waals surface area contributed by atoms with Crippen LogP contribution in [-0.4, -0.2) is 6.61 Å². The molecule has 2 aromatic carbocycles. The molecule has 0 fully saturated rings. The second kappa shape index (κ2) is 6.81. The zero-order valence-electron chi connectivity index (χ0n) is 12.3. The Morgan fingerprint density at radius 2 is 1.75 bits per heavy atom. The predicted molar refractivity (Wildman–Crippen MR) is 85.8 cm³/mol. The Kier molecular flexibility index (Phi) is 5.08. The van der Waals surface area contributed by atoms with E-state index in [4.69, 9.17) is 16.3 Å². The Balaban J connectivity index is 2.11. The first-order valence-electron chi connectivity index (χ1n) is 7.03. The van der Waals surface area contributed by atoms with Crippen LogP contribution in [0.2, 0.25) is 0 Å². The van der Waals surface area contributed by atoms with E-state index in [1.165, 1.54) is 16.7 Å². The normalized spacial score (nSPS) is 12.2. The molecule has 20 heavy (non-hydrogen) atoms. The molecule has 0 aliphatic heterocycles. The average Bonchev–Trinajstić information content (AvgIpc) is 2.44. The third-order valence-corrected chi connectivity index (χ3v) is 3.86. The van der Waals surface area contributed by atoms with Crippen molar-refractivity contribution in [3.63, 3.8) is 0 Å². The van der Waals surface area contributed by atoms with Crippen LogP contribution in [0.1, 0.15) is 34.6 Å². The Labute approximate surface area is 126 Å². The highest BCUT2D eigenvalue weighted by Crippen LogP contribution is 2.28. The summed E-state index contributed by atoms with van der Waals surface area (Å²) in [5.74, 6) is 0.895. The van der Waals surface area contributed by atoms with Crippen LogP contribution in [0, 0.1) is 13.8 Å². The van der Waals surface area contributed by atoms with Crippen molar-refractivity contribution < 1.29 is 4.74 Å². The van der Waals surface area contributed by atoms with Gasteiger partial charge < -0.3 is 4.74 Å². The molecular weight excluding hydrogens is 268 g/mol. The summed E-state index contributed by atoms with van der Waals surface area (Å²) < 4.78 is 5.45. The molecule has 0 bridgehead atoms. The summed E-state index contributed by atoms with van der Waals surface area (Å²) in [6.07, 6.45) is 0.850. The molecule has 0 radical (unpaired) electrons. The molecule has 1 atom stereocenters. The van der Waals surface area contributed by atoms with Gasteiger partial charge in [0.25, 0.3) is 0 Å². The highest BCUT2D eigenvalue weighted by atomic mass is 35.5. The molecule has 0 heterocycles. The molecule has 0 saturated carbocycles. The number of halogens is 1. The molecule has 0 aromatic heterocycles. The summed E-state index contributed by atoms with van der Waals surface area (Å²) in [6.45, 7) is 6.92. The van der Waals surface area contributed by atoms with Crippen LogP contribution in [0.4, 0.5) is 0 Å². The molecule has 0 amide bonds. The molecule has 0 saturated heterocycles. The molecule has 0 spiro atoms. The fourth-order valence-corrected chi connectivity index (χ4v) is 2.58. The Hall–Kier alpha value is -1.47. The van der Waals surface area contributed by atoms with Crippen molar-refractivity contribution in [1.29, 1.82) is 0 Å². The summed E-state index contributed by atoms with van der Waals surface area (Å²) in [6, 6.07) is 14.6. The molecule has 0 N–H and O–H groups in total. The van der Waals surface area contributed by atoms with Gasteiger partial charge in [-0.05, 0) is 56.0 Å². The SMILES string of the molecule is CCOc1ccc(C(Cl)Cc2cc(C)ccc2C)cc1. The maximum atomic E-state index is 6.55. The fraction of sp³-hybridized carbons (Fsp3) is 0.333. The third-order valence-electron chi connectivity index (χ3n) is 3.46. The van der Waals surface area contributed by atoms with E-state index in [2.05, 4.69) is 32.0 Å². The van der Waals surface area contributed by atoms with Crippen molar-refractivity contribution in [2.45, 2.75) is 32.6 Å². The van der Waals surface area contributed by atoms with Gasteiger partial charge in [0.15, 0.2) is 0 Å². The predicted octanol–water partition coefficient (Wildman–Crippen LogP) is 5.22. The molecule has 0 aliphatic carbocycles. The molecule has 2 aromatic rings. The Morgan fingerprint density at radius 1 is 1.05 bits per heavy atom. The number of hydrogen-bond acceptors (Lipinski definition) is 1. The van der Waals surface area contributed by atoms with Crippen LogP contribution in [0.15, 0.2) is 42.5 Å². The van der Waals surface area contributed by atoms with Crippen LogP contribution >= 0.6 is 11.6 Å². The van der Waals surface area contributed by atoms with Gasteiger partial charge in [-0.1, -0.05) is 35.9 Å². The smallest absolute Gasteiger partial charge is 0.119 e. The van der Waals surface area contributed by atoms with Crippen LogP contribution in [0.5, 0.6) is 5.75 Å². The summed E-state index contributed by atoms with van der Waals surface area (Å²) in [4.78, 5) is 0. The minimum Gasteiger partial charge on any atom is -0.494 e. The van der Waals surface area contributed by atoms with Crippen molar-refractivity contribution in [1.82, 2.24) is 0 Å². The zero-order valence-corrected chi connectivity index (χ0v) is 13.1. The molecule has 1 unspecified atom stereocenters. The van der Waals surface area contributed by atoms with E-state index in [0.29, 0.717) is 6.61 Å². The van der Waals surface area contributed by atoms with Crippen molar-refractivity contribution in [3.05, 3.63) is 64.7 Å². The highest BCUT2D eigenvalue weighted by Gasteiger charge is 2.11. The first-order valence-corrected chi connectivity index (χ1v) is 7.46. The van der Waals surface area contributed by atoms with Gasteiger partial charge in [0.2, 0.25) is 0 Å². The van der Waals surface area contributed by atoms with Crippen LogP contribution in [-0.2, 0) is 6.42 Å². The molecule has 2 heteroatoms. The number of aryl methyl sites for hydroxylation is 2. The lowest BCUT2D eigenvalue weighted by molar-refractivity contribution is 0.340. The number of ether oxygens (including phenoxy) is 1. The first kappa shape index (κ1) is 14.9. The number of hydrogen-bond donors (Lipinski definition) is 0. The topological polar surface area (TPSA) is 9.23 Å². The fourth-order valence-electron chi connectivity index (χ4n) is 2.27. The van der Waals surface area contributed by atoms with Crippen molar-refractivity contribution in [2.75, 3.05) is 6.61 Å². The third kappa shape index (κ3) is 3.77. The van der Waals surface area contributed by atoms with Gasteiger partial charge in [0, 0.05) is 0 Å². The average molecular weight is 289 g/mol. The lowest BCUT2D eigenvalue weighted by atomic mass is 9.98. The van der Waals surface area contributed by atoms with Crippen molar-refractivity contribution in [2.24, 2.45) is 0 Å². The quantitative estimate of drug-likeness (QED) is 0.685. The van der Waals surface area contributed by atoms with Crippen LogP contribution < -0.4 is 4.74 Å². The maximum Gasteiger partial charge on any atom is 0.119 e. The number of rotatable bonds is 5. The minimum atomic E-state index is -0.00817. The Morgan fingerprint density at radius 3 is 2.40 bits per heavy atom. The number of alkyl halides is 1. The highest BCUT2D eigenvalue weighted by molar-refractivity contribution is 6.20. The van der Waals surface area contributed by atoms with Gasteiger partial charge in [-0.2, -0.15) is 0 Å². The van der Waals surface area contributed by atoms with Gasteiger partial charge in [0.1, 0.15) is 5.75 Å². The van der Waals surface area contributed by atoms with E-state index in [1.807, 2.05) is 31.2 Å². The monoisotopic (exact) mass is 288 g/mol. The lowest BCUT2D eigenvalue weighted by Gasteiger charge is -2.13. The van der Waals surface area contributed by atoms with E-state index in [1.54, 1.807) is 0 Å². The van der Waals surface area contributed by atoms with E-state index in [0.717, 1.165) is 17.7 Å². The molecule has 106 valence electrons. The van der Waals surface area contributed by atoms with E-state index in [9.17, 15) is 0 Å². The molecular formula is C18H21ClO. The molecule has 0 aliphatic rings. The van der Waals surface area contributed by atoms with Gasteiger partial charge in [-0.3, -0.25) is 0 Å². The second-order valence-corrected chi connectivity index (χ2v) is 5.63. The minimum absolute atomic E-state index is 0.00817. The zero-order chi connectivity index (χ0) is 14.5. The van der Waals surface area contributed by atoms with Gasteiger partial charge in [-0.15, -0.1) is 11.6 Å². The van der Waals surface area contributed by atoms with E-state index in [-0.39, 0.29) is 5.38 Å². The van der Waals surface area contributed by atoms with E-state index < -0.39 is 0 Å². The molecule has 2 rings (SSSR count).